The van der Waals surface area contributed by atoms with Crippen molar-refractivity contribution in [3.8, 4) is 17.3 Å². The second kappa shape index (κ2) is 9.77. The Morgan fingerprint density at radius 1 is 1.28 bits per heavy atom. The van der Waals surface area contributed by atoms with Crippen LogP contribution in [0.2, 0.25) is 5.02 Å². The normalized spacial score (nSPS) is 15.0. The van der Waals surface area contributed by atoms with Gasteiger partial charge in [0.15, 0.2) is 0 Å². The van der Waals surface area contributed by atoms with Gasteiger partial charge in [0.2, 0.25) is 5.95 Å². The van der Waals surface area contributed by atoms with Crippen LogP contribution in [0.4, 0.5) is 11.6 Å². The number of nitriles is 1. The quantitative estimate of drug-likeness (QED) is 0.586. The number of anilines is 2. The fraction of sp³-hybridized carbons (Fsp3) is 0.318. The average Bonchev–Trinajstić information content (AvgIpc) is 3.29. The Bertz CT molecular complexity index is 1130. The molecule has 3 aromatic rings. The zero-order valence-electron chi connectivity index (χ0n) is 17.5. The fourth-order valence-electron chi connectivity index (χ4n) is 3.40. The maximum absolute atomic E-state index is 12.2. The lowest BCUT2D eigenvalue weighted by Gasteiger charge is -2.22. The average molecular weight is 452 g/mol. The third-order valence-corrected chi connectivity index (χ3v) is 5.41. The standard InChI is InChI=1S/C22H22ClN7O2/c1-14(10-24)27-21(31)16-4-2-15(3-5-16)20-19(23)12-25-22(29-20)28-17-11-26-30(13-17)18-6-8-32-9-7-18/h2-5,11-14,18H,6-9H2,1H3,(H,27,31)(H,25,28,29). The summed E-state index contributed by atoms with van der Waals surface area (Å²) in [5.74, 6) is 0.0730. The lowest BCUT2D eigenvalue weighted by Crippen LogP contribution is -2.31. The van der Waals surface area contributed by atoms with Crippen molar-refractivity contribution in [2.75, 3.05) is 18.5 Å². The van der Waals surface area contributed by atoms with E-state index in [9.17, 15) is 4.79 Å². The Morgan fingerprint density at radius 3 is 2.75 bits per heavy atom. The molecule has 0 aliphatic carbocycles. The summed E-state index contributed by atoms with van der Waals surface area (Å²) in [5, 5.41) is 19.5. The summed E-state index contributed by atoms with van der Waals surface area (Å²) in [5.41, 5.74) is 2.50. The minimum Gasteiger partial charge on any atom is -0.381 e. The molecule has 0 bridgehead atoms. The van der Waals surface area contributed by atoms with Crippen LogP contribution in [0.3, 0.4) is 0 Å². The number of amides is 1. The van der Waals surface area contributed by atoms with Crippen molar-refractivity contribution in [3.63, 3.8) is 0 Å². The summed E-state index contributed by atoms with van der Waals surface area (Å²) in [4.78, 5) is 21.0. The van der Waals surface area contributed by atoms with E-state index < -0.39 is 6.04 Å². The van der Waals surface area contributed by atoms with Crippen LogP contribution in [-0.2, 0) is 4.74 Å². The van der Waals surface area contributed by atoms with Gasteiger partial charge in [-0.05, 0) is 31.9 Å². The van der Waals surface area contributed by atoms with E-state index in [1.54, 1.807) is 37.4 Å². The molecule has 0 spiro atoms. The Labute approximate surface area is 190 Å². The molecule has 1 fully saturated rings. The number of aromatic nitrogens is 4. The highest BCUT2D eigenvalue weighted by Gasteiger charge is 2.17. The summed E-state index contributed by atoms with van der Waals surface area (Å²) < 4.78 is 7.35. The van der Waals surface area contributed by atoms with Crippen molar-refractivity contribution in [2.24, 2.45) is 0 Å². The van der Waals surface area contributed by atoms with E-state index in [4.69, 9.17) is 21.6 Å². The van der Waals surface area contributed by atoms with Gasteiger partial charge in [0.05, 0.1) is 40.9 Å². The molecule has 1 atom stereocenters. The minimum absolute atomic E-state index is 0.316. The van der Waals surface area contributed by atoms with Crippen LogP contribution >= 0.6 is 11.6 Å². The van der Waals surface area contributed by atoms with E-state index in [-0.39, 0.29) is 5.91 Å². The fourth-order valence-corrected chi connectivity index (χ4v) is 3.60. The van der Waals surface area contributed by atoms with Crippen molar-refractivity contribution in [3.05, 3.63) is 53.4 Å². The summed E-state index contributed by atoms with van der Waals surface area (Å²) in [6.45, 7) is 3.11. The highest BCUT2D eigenvalue weighted by Crippen LogP contribution is 2.28. The van der Waals surface area contributed by atoms with Crippen molar-refractivity contribution < 1.29 is 9.53 Å². The maximum Gasteiger partial charge on any atom is 0.252 e. The van der Waals surface area contributed by atoms with E-state index >= 15 is 0 Å². The van der Waals surface area contributed by atoms with Crippen molar-refractivity contribution in [1.29, 1.82) is 5.26 Å². The first-order valence-electron chi connectivity index (χ1n) is 10.3. The molecule has 1 amide bonds. The Morgan fingerprint density at radius 2 is 2.03 bits per heavy atom. The SMILES string of the molecule is CC(C#N)NC(=O)c1ccc(-c2nc(Nc3cnn(C4CCOCC4)c3)ncc2Cl)cc1. The molecule has 32 heavy (non-hydrogen) atoms. The number of nitrogens with zero attached hydrogens (tertiary/aromatic N) is 5. The molecule has 1 aromatic carbocycles. The maximum atomic E-state index is 12.2. The summed E-state index contributed by atoms with van der Waals surface area (Å²) >= 11 is 6.33. The van der Waals surface area contributed by atoms with Crippen molar-refractivity contribution in [1.82, 2.24) is 25.1 Å². The van der Waals surface area contributed by atoms with Crippen LogP contribution in [0.1, 0.15) is 36.2 Å². The van der Waals surface area contributed by atoms with Crippen LogP contribution in [0.15, 0.2) is 42.9 Å². The first-order chi connectivity index (χ1) is 15.5. The van der Waals surface area contributed by atoms with Crippen LogP contribution in [0, 0.1) is 11.3 Å². The highest BCUT2D eigenvalue weighted by molar-refractivity contribution is 6.32. The van der Waals surface area contributed by atoms with Gasteiger partial charge in [0.25, 0.3) is 5.91 Å². The van der Waals surface area contributed by atoms with Crippen LogP contribution in [0.5, 0.6) is 0 Å². The zero-order chi connectivity index (χ0) is 22.5. The van der Waals surface area contributed by atoms with Gasteiger partial charge in [-0.25, -0.2) is 9.97 Å². The van der Waals surface area contributed by atoms with Crippen LogP contribution < -0.4 is 10.6 Å². The first kappa shape index (κ1) is 21.7. The van der Waals surface area contributed by atoms with E-state index in [2.05, 4.69) is 25.7 Å². The first-order valence-corrected chi connectivity index (χ1v) is 10.6. The molecule has 1 unspecified atom stereocenters. The van der Waals surface area contributed by atoms with Gasteiger partial charge < -0.3 is 15.4 Å². The molecule has 2 aromatic heterocycles. The van der Waals surface area contributed by atoms with Gasteiger partial charge in [-0.2, -0.15) is 10.4 Å². The van der Waals surface area contributed by atoms with Gasteiger partial charge in [-0.1, -0.05) is 23.7 Å². The number of halogens is 1. The van der Waals surface area contributed by atoms with Gasteiger partial charge in [0.1, 0.15) is 6.04 Å². The van der Waals surface area contributed by atoms with Crippen LogP contribution in [-0.4, -0.2) is 44.9 Å². The molecule has 0 radical (unpaired) electrons. The number of carbonyl (C=O) groups excluding carboxylic acids is 1. The number of hydrogen-bond donors (Lipinski definition) is 2. The Kier molecular flexibility index (Phi) is 6.63. The predicted octanol–water partition coefficient (Wildman–Crippen LogP) is 3.73. The lowest BCUT2D eigenvalue weighted by molar-refractivity contribution is 0.0662. The van der Waals surface area contributed by atoms with E-state index in [1.165, 1.54) is 6.20 Å². The third kappa shape index (κ3) is 5.04. The van der Waals surface area contributed by atoms with Gasteiger partial charge in [-0.15, -0.1) is 0 Å². The molecule has 0 saturated carbocycles. The number of benzene rings is 1. The highest BCUT2D eigenvalue weighted by atomic mass is 35.5. The second-order valence-corrected chi connectivity index (χ2v) is 7.88. The lowest BCUT2D eigenvalue weighted by atomic mass is 10.1. The smallest absolute Gasteiger partial charge is 0.252 e. The Hall–Kier alpha value is -3.48. The molecule has 1 aliphatic rings. The molecular formula is C22H22ClN7O2. The topological polar surface area (TPSA) is 118 Å². The molecule has 4 rings (SSSR count). The van der Waals surface area contributed by atoms with Gasteiger partial charge in [0, 0.05) is 30.5 Å². The minimum atomic E-state index is -0.567. The number of carbonyl (C=O) groups is 1. The second-order valence-electron chi connectivity index (χ2n) is 7.47. The summed E-state index contributed by atoms with van der Waals surface area (Å²) in [6, 6.07) is 8.58. The molecular weight excluding hydrogens is 430 g/mol. The number of rotatable bonds is 6. The van der Waals surface area contributed by atoms with Gasteiger partial charge in [-0.3, -0.25) is 9.48 Å². The molecule has 3 heterocycles. The number of ether oxygens (including phenoxy) is 1. The third-order valence-electron chi connectivity index (χ3n) is 5.13. The largest absolute Gasteiger partial charge is 0.381 e. The predicted molar refractivity (Wildman–Crippen MR) is 120 cm³/mol. The van der Waals surface area contributed by atoms with Crippen molar-refractivity contribution in [2.45, 2.75) is 31.8 Å². The molecule has 2 N–H and O–H groups in total. The zero-order valence-corrected chi connectivity index (χ0v) is 18.2. The molecule has 10 heteroatoms. The monoisotopic (exact) mass is 451 g/mol. The molecule has 164 valence electrons. The van der Waals surface area contributed by atoms with Gasteiger partial charge >= 0.3 is 0 Å². The van der Waals surface area contributed by atoms with E-state index in [0.29, 0.717) is 28.3 Å². The van der Waals surface area contributed by atoms with E-state index in [1.807, 2.05) is 16.9 Å². The van der Waals surface area contributed by atoms with E-state index in [0.717, 1.165) is 37.3 Å². The summed E-state index contributed by atoms with van der Waals surface area (Å²) in [7, 11) is 0. The summed E-state index contributed by atoms with van der Waals surface area (Å²) in [6.07, 6.45) is 7.08. The van der Waals surface area contributed by atoms with Crippen molar-refractivity contribution >= 4 is 29.1 Å². The van der Waals surface area contributed by atoms with Crippen LogP contribution in [0.25, 0.3) is 11.3 Å². The molecule has 9 nitrogen and oxygen atoms in total. The molecule has 1 aliphatic heterocycles. The molecule has 1 saturated heterocycles. The number of hydrogen-bond acceptors (Lipinski definition) is 7. The Balaban J connectivity index is 1.49. The number of nitrogens with one attached hydrogen (secondary N) is 2.